The molecule has 0 aliphatic carbocycles. The van der Waals surface area contributed by atoms with E-state index in [1.165, 1.54) is 12.1 Å². The summed E-state index contributed by atoms with van der Waals surface area (Å²) in [7, 11) is 0. The van der Waals surface area contributed by atoms with Gasteiger partial charge in [0.2, 0.25) is 0 Å². The fourth-order valence-electron chi connectivity index (χ4n) is 1.64. The molecule has 0 aliphatic rings. The number of hydrogen-bond donors (Lipinski definition) is 0. The van der Waals surface area contributed by atoms with Gasteiger partial charge >= 0.3 is 6.18 Å². The Kier molecular flexibility index (Phi) is 3.49. The van der Waals surface area contributed by atoms with Crippen molar-refractivity contribution in [2.24, 2.45) is 0 Å². The molecular formula is C13H6ClF5. The van der Waals surface area contributed by atoms with Crippen LogP contribution in [-0.2, 0) is 6.18 Å². The highest BCUT2D eigenvalue weighted by atomic mass is 35.5. The highest BCUT2D eigenvalue weighted by Crippen LogP contribution is 2.37. The molecule has 0 N–H and O–H groups in total. The summed E-state index contributed by atoms with van der Waals surface area (Å²) in [5.41, 5.74) is -1.08. The van der Waals surface area contributed by atoms with Crippen molar-refractivity contribution in [2.45, 2.75) is 6.18 Å². The Bertz CT molecular complexity index is 619. The summed E-state index contributed by atoms with van der Waals surface area (Å²) in [6, 6.07) is 6.19. The van der Waals surface area contributed by atoms with E-state index < -0.39 is 28.4 Å². The summed E-state index contributed by atoms with van der Waals surface area (Å²) in [5, 5.41) is -0.561. The Morgan fingerprint density at radius 1 is 0.947 bits per heavy atom. The molecule has 2 rings (SSSR count). The van der Waals surface area contributed by atoms with E-state index in [-0.39, 0.29) is 11.1 Å². The van der Waals surface area contributed by atoms with Crippen molar-refractivity contribution < 1.29 is 22.0 Å². The lowest BCUT2D eigenvalue weighted by atomic mass is 10.0. The maximum absolute atomic E-state index is 13.5. The molecule has 100 valence electrons. The van der Waals surface area contributed by atoms with Crippen LogP contribution in [0.25, 0.3) is 11.1 Å². The molecule has 0 fully saturated rings. The van der Waals surface area contributed by atoms with Crippen LogP contribution in [-0.4, -0.2) is 0 Å². The Balaban J connectivity index is 2.54. The van der Waals surface area contributed by atoms with Gasteiger partial charge in [0, 0.05) is 5.56 Å². The maximum atomic E-state index is 13.5. The molecule has 0 unspecified atom stereocenters. The van der Waals surface area contributed by atoms with E-state index >= 15 is 0 Å². The number of rotatable bonds is 1. The molecule has 0 radical (unpaired) electrons. The zero-order chi connectivity index (χ0) is 14.2. The molecule has 0 spiro atoms. The van der Waals surface area contributed by atoms with Crippen molar-refractivity contribution in [1.29, 1.82) is 0 Å². The lowest BCUT2D eigenvalue weighted by Crippen LogP contribution is -2.05. The second kappa shape index (κ2) is 4.81. The second-order valence-electron chi connectivity index (χ2n) is 3.79. The van der Waals surface area contributed by atoms with Crippen LogP contribution >= 0.6 is 11.6 Å². The topological polar surface area (TPSA) is 0 Å². The van der Waals surface area contributed by atoms with E-state index in [1.54, 1.807) is 0 Å². The average molecular weight is 293 g/mol. The molecule has 0 bridgehead atoms. The fraction of sp³-hybridized carbons (Fsp3) is 0.0769. The van der Waals surface area contributed by atoms with Gasteiger partial charge in [-0.15, -0.1) is 0 Å². The van der Waals surface area contributed by atoms with Gasteiger partial charge < -0.3 is 0 Å². The summed E-state index contributed by atoms with van der Waals surface area (Å²) < 4.78 is 64.1. The number of hydrogen-bond acceptors (Lipinski definition) is 0. The molecule has 0 amide bonds. The van der Waals surface area contributed by atoms with E-state index in [1.807, 2.05) is 0 Å². The first-order valence-corrected chi connectivity index (χ1v) is 5.49. The maximum Gasteiger partial charge on any atom is 0.417 e. The van der Waals surface area contributed by atoms with Crippen molar-refractivity contribution in [3.05, 3.63) is 58.6 Å². The fourth-order valence-corrected chi connectivity index (χ4v) is 1.93. The summed E-state index contributed by atoms with van der Waals surface area (Å²) in [4.78, 5) is 0. The molecule has 0 saturated carbocycles. The van der Waals surface area contributed by atoms with Crippen molar-refractivity contribution in [1.82, 2.24) is 0 Å². The predicted octanol–water partition coefficient (Wildman–Crippen LogP) is 5.30. The van der Waals surface area contributed by atoms with Crippen LogP contribution in [0.15, 0.2) is 36.4 Å². The van der Waals surface area contributed by atoms with E-state index in [2.05, 4.69) is 0 Å². The van der Waals surface area contributed by atoms with E-state index in [0.29, 0.717) is 0 Å². The highest BCUT2D eigenvalue weighted by molar-refractivity contribution is 6.31. The average Bonchev–Trinajstić information content (AvgIpc) is 2.31. The second-order valence-corrected chi connectivity index (χ2v) is 4.20. The van der Waals surface area contributed by atoms with Crippen LogP contribution in [0.1, 0.15) is 5.56 Å². The number of benzene rings is 2. The first-order valence-electron chi connectivity index (χ1n) is 5.12. The first kappa shape index (κ1) is 13.8. The van der Waals surface area contributed by atoms with Gasteiger partial charge in [-0.3, -0.25) is 0 Å². The zero-order valence-corrected chi connectivity index (χ0v) is 9.99. The molecule has 0 saturated heterocycles. The molecule has 0 atom stereocenters. The van der Waals surface area contributed by atoms with Gasteiger partial charge in [-0.05, 0) is 23.8 Å². The van der Waals surface area contributed by atoms with Crippen LogP contribution in [0.5, 0.6) is 0 Å². The molecular weight excluding hydrogens is 287 g/mol. The van der Waals surface area contributed by atoms with E-state index in [0.717, 1.165) is 24.3 Å². The number of halogens is 6. The largest absolute Gasteiger partial charge is 0.417 e. The number of alkyl halides is 3. The molecule has 2 aromatic rings. The van der Waals surface area contributed by atoms with Crippen LogP contribution in [0, 0.1) is 11.6 Å². The lowest BCUT2D eigenvalue weighted by Gasteiger charge is -2.11. The standard InChI is InChI=1S/C13H6ClF5/c14-10-6-7(4-5-9(10)13(17,18)19)8-2-1-3-11(15)12(8)16/h1-6H. The first-order chi connectivity index (χ1) is 8.80. The minimum atomic E-state index is -4.59. The third kappa shape index (κ3) is 2.71. The van der Waals surface area contributed by atoms with Gasteiger partial charge in [-0.1, -0.05) is 29.8 Å². The van der Waals surface area contributed by atoms with Gasteiger partial charge in [0.1, 0.15) is 0 Å². The molecule has 19 heavy (non-hydrogen) atoms. The van der Waals surface area contributed by atoms with Crippen LogP contribution in [0.2, 0.25) is 5.02 Å². The Hall–Kier alpha value is -1.62. The van der Waals surface area contributed by atoms with Crippen LogP contribution < -0.4 is 0 Å². The summed E-state index contributed by atoms with van der Waals surface area (Å²) in [6.07, 6.45) is -4.59. The molecule has 0 nitrogen and oxygen atoms in total. The normalized spacial score (nSPS) is 11.7. The van der Waals surface area contributed by atoms with Gasteiger partial charge in [0.05, 0.1) is 10.6 Å². The molecule has 0 aliphatic heterocycles. The van der Waals surface area contributed by atoms with E-state index in [4.69, 9.17) is 11.6 Å². The summed E-state index contributed by atoms with van der Waals surface area (Å²) in [5.74, 6) is -2.20. The molecule has 2 aromatic carbocycles. The summed E-state index contributed by atoms with van der Waals surface area (Å²) >= 11 is 5.52. The Morgan fingerprint density at radius 3 is 2.21 bits per heavy atom. The predicted molar refractivity (Wildman–Crippen MR) is 61.8 cm³/mol. The Labute approximate surface area is 110 Å². The van der Waals surface area contributed by atoms with Gasteiger partial charge in [0.25, 0.3) is 0 Å². The third-order valence-electron chi connectivity index (χ3n) is 2.54. The van der Waals surface area contributed by atoms with E-state index in [9.17, 15) is 22.0 Å². The lowest BCUT2D eigenvalue weighted by molar-refractivity contribution is -0.137. The van der Waals surface area contributed by atoms with Crippen molar-refractivity contribution in [3.63, 3.8) is 0 Å². The van der Waals surface area contributed by atoms with Crippen LogP contribution in [0.4, 0.5) is 22.0 Å². The SMILES string of the molecule is Fc1cccc(-c2ccc(C(F)(F)F)c(Cl)c2)c1F. The van der Waals surface area contributed by atoms with Crippen molar-refractivity contribution >= 4 is 11.6 Å². The van der Waals surface area contributed by atoms with Crippen molar-refractivity contribution in [3.8, 4) is 11.1 Å². The van der Waals surface area contributed by atoms with Gasteiger partial charge in [-0.25, -0.2) is 8.78 Å². The zero-order valence-electron chi connectivity index (χ0n) is 9.23. The van der Waals surface area contributed by atoms with Gasteiger partial charge in [0.15, 0.2) is 11.6 Å². The molecule has 6 heteroatoms. The Morgan fingerprint density at radius 2 is 1.63 bits per heavy atom. The monoisotopic (exact) mass is 292 g/mol. The quantitative estimate of drug-likeness (QED) is 0.625. The molecule has 0 heterocycles. The minimum Gasteiger partial charge on any atom is -0.204 e. The smallest absolute Gasteiger partial charge is 0.204 e. The van der Waals surface area contributed by atoms with Gasteiger partial charge in [-0.2, -0.15) is 13.2 Å². The van der Waals surface area contributed by atoms with Crippen molar-refractivity contribution in [2.75, 3.05) is 0 Å². The highest BCUT2D eigenvalue weighted by Gasteiger charge is 2.33. The molecule has 0 aromatic heterocycles. The third-order valence-corrected chi connectivity index (χ3v) is 2.85. The minimum absolute atomic E-state index is 0.0787. The van der Waals surface area contributed by atoms with Crippen LogP contribution in [0.3, 0.4) is 0 Å². The summed E-state index contributed by atoms with van der Waals surface area (Å²) in [6.45, 7) is 0.